The van der Waals surface area contributed by atoms with Crippen molar-refractivity contribution in [2.75, 3.05) is 16.8 Å². The predicted octanol–water partition coefficient (Wildman–Crippen LogP) is 3.23. The monoisotopic (exact) mass is 454 g/mol. The lowest BCUT2D eigenvalue weighted by Gasteiger charge is -2.57. The third kappa shape index (κ3) is 2.97. The summed E-state index contributed by atoms with van der Waals surface area (Å²) in [6, 6.07) is 7.12. The summed E-state index contributed by atoms with van der Waals surface area (Å²) in [5, 5.41) is 35.1. The van der Waals surface area contributed by atoms with E-state index in [-0.39, 0.29) is 34.2 Å². The van der Waals surface area contributed by atoms with Crippen LogP contribution in [0.4, 0.5) is 17.3 Å². The van der Waals surface area contributed by atoms with E-state index in [0.717, 1.165) is 17.8 Å². The zero-order chi connectivity index (χ0) is 23.6. The van der Waals surface area contributed by atoms with Crippen LogP contribution < -0.4 is 22.1 Å². The van der Waals surface area contributed by atoms with Gasteiger partial charge in [-0.25, -0.2) is 9.98 Å². The fourth-order valence-electron chi connectivity index (χ4n) is 7.37. The van der Waals surface area contributed by atoms with Gasteiger partial charge in [-0.1, -0.05) is 6.07 Å². The largest absolute Gasteiger partial charge is 0.508 e. The van der Waals surface area contributed by atoms with Crippen LogP contribution in [0.1, 0.15) is 66.8 Å². The number of phenolic OH excluding ortho intramolecular Hbond substituents is 1. The molecule has 1 aromatic heterocycles. The van der Waals surface area contributed by atoms with E-state index in [1.165, 1.54) is 44.1 Å². The number of aliphatic imine (C=N–C) groups is 1. The summed E-state index contributed by atoms with van der Waals surface area (Å²) in [5.74, 6) is 2.92. The van der Waals surface area contributed by atoms with Gasteiger partial charge in [0, 0.05) is 11.1 Å². The second-order valence-corrected chi connectivity index (χ2v) is 10.4. The van der Waals surface area contributed by atoms with E-state index in [1.807, 2.05) is 12.3 Å². The van der Waals surface area contributed by atoms with E-state index in [0.29, 0.717) is 16.9 Å². The number of hydrogen-bond acceptors (Lipinski definition) is 9. The van der Waals surface area contributed by atoms with Crippen LogP contribution in [-0.2, 0) is 5.41 Å². The van der Waals surface area contributed by atoms with Gasteiger partial charge in [-0.3, -0.25) is 5.32 Å². The van der Waals surface area contributed by atoms with Crippen LogP contribution in [0.3, 0.4) is 0 Å². The highest BCUT2D eigenvalue weighted by Gasteiger charge is 2.51. The van der Waals surface area contributed by atoms with Gasteiger partial charge < -0.3 is 21.9 Å². The second-order valence-electron chi connectivity index (χ2n) is 10.4. The maximum atomic E-state index is 11.0. The normalized spacial score (nSPS) is 30.5. The van der Waals surface area contributed by atoms with Gasteiger partial charge in [-0.15, -0.1) is 0 Å². The molecule has 0 spiro atoms. The van der Waals surface area contributed by atoms with Crippen LogP contribution in [0.2, 0.25) is 0 Å². The van der Waals surface area contributed by atoms with E-state index < -0.39 is 6.04 Å². The summed E-state index contributed by atoms with van der Waals surface area (Å²) < 4.78 is 0. The number of nitriles is 2. The molecular weight excluding hydrogens is 428 g/mol. The quantitative estimate of drug-likeness (QED) is 0.340. The minimum absolute atomic E-state index is 0.00486. The van der Waals surface area contributed by atoms with Gasteiger partial charge in [0.15, 0.2) is 6.19 Å². The zero-order valence-electron chi connectivity index (χ0n) is 18.7. The fraction of sp³-hybridized carbons (Fsp3) is 0.440. The molecule has 4 fully saturated rings. The number of aromatic nitrogens is 1. The van der Waals surface area contributed by atoms with Crippen LogP contribution in [0.5, 0.6) is 5.75 Å². The first-order valence-corrected chi connectivity index (χ1v) is 11.7. The molecule has 9 heteroatoms. The first kappa shape index (κ1) is 20.6. The number of phenols is 1. The highest BCUT2D eigenvalue weighted by atomic mass is 16.3. The highest BCUT2D eigenvalue weighted by molar-refractivity contribution is 5.98. The molecule has 1 aromatic carbocycles. The molecule has 172 valence electrons. The topological polar surface area (TPSA) is 169 Å². The number of nitrogens with one attached hydrogen (secondary N) is 2. The Morgan fingerprint density at radius 1 is 1.09 bits per heavy atom. The summed E-state index contributed by atoms with van der Waals surface area (Å²) in [5.41, 5.74) is 15.0. The summed E-state index contributed by atoms with van der Waals surface area (Å²) in [4.78, 5) is 8.95. The van der Waals surface area contributed by atoms with Gasteiger partial charge >= 0.3 is 0 Å². The Hall–Kier alpha value is -3.98. The number of fused-ring (bicyclic) bond motifs is 1. The lowest BCUT2D eigenvalue weighted by molar-refractivity contribution is -0.00524. The Morgan fingerprint density at radius 2 is 1.76 bits per heavy atom. The van der Waals surface area contributed by atoms with E-state index in [2.05, 4.69) is 32.7 Å². The number of pyridine rings is 1. The van der Waals surface area contributed by atoms with Crippen molar-refractivity contribution in [3.8, 4) is 18.0 Å². The molecule has 2 heterocycles. The Kier molecular flexibility index (Phi) is 4.40. The first-order valence-electron chi connectivity index (χ1n) is 11.7. The molecule has 9 nitrogen and oxygen atoms in total. The molecule has 7 rings (SSSR count). The Labute approximate surface area is 197 Å². The SMILES string of the molecule is N#CNC1=NC(c2cc(C34CC5CC(CC(C5)C3)C4)ccc2O)c2c(nc(N)c(C#N)c2N)N1. The predicted molar refractivity (Wildman–Crippen MR) is 127 cm³/mol. The first-order chi connectivity index (χ1) is 16.4. The summed E-state index contributed by atoms with van der Waals surface area (Å²) in [7, 11) is 0. The number of benzene rings is 1. The van der Waals surface area contributed by atoms with Crippen molar-refractivity contribution in [2.24, 2.45) is 22.7 Å². The van der Waals surface area contributed by atoms with E-state index in [4.69, 9.17) is 16.7 Å². The van der Waals surface area contributed by atoms with Crippen molar-refractivity contribution in [2.45, 2.75) is 50.0 Å². The molecule has 1 unspecified atom stereocenters. The molecule has 4 aliphatic carbocycles. The highest BCUT2D eigenvalue weighted by Crippen LogP contribution is 2.61. The fourth-order valence-corrected chi connectivity index (χ4v) is 7.37. The van der Waals surface area contributed by atoms with Crippen molar-refractivity contribution >= 4 is 23.3 Å². The lowest BCUT2D eigenvalue weighted by atomic mass is 9.48. The standard InChI is InChI=1S/C25H26N8O/c26-10-17-20(28)19-21(31-24(30-11-27)33-23(19)32-22(17)29)16-6-15(1-2-18(16)34)25-7-12-3-13(8-25)5-14(4-12)9-25/h1-2,6,12-14,21,34H,3-5,7-9H2,(H6,28,29,30,31,32,33). The van der Waals surface area contributed by atoms with E-state index in [9.17, 15) is 10.4 Å². The molecule has 7 N–H and O–H groups in total. The number of nitrogens with zero attached hydrogens (tertiary/aromatic N) is 4. The number of nitrogens with two attached hydrogens (primary N) is 2. The van der Waals surface area contributed by atoms with Crippen molar-refractivity contribution < 1.29 is 5.11 Å². The summed E-state index contributed by atoms with van der Waals surface area (Å²) >= 11 is 0. The van der Waals surface area contributed by atoms with Gasteiger partial charge in [0.25, 0.3) is 0 Å². The average molecular weight is 455 g/mol. The number of guanidine groups is 1. The van der Waals surface area contributed by atoms with Gasteiger partial charge in [0.1, 0.15) is 35.1 Å². The number of anilines is 3. The molecule has 4 bridgehead atoms. The van der Waals surface area contributed by atoms with Crippen molar-refractivity contribution in [1.82, 2.24) is 10.3 Å². The van der Waals surface area contributed by atoms with Crippen LogP contribution >= 0.6 is 0 Å². The molecule has 34 heavy (non-hydrogen) atoms. The number of rotatable bonds is 2. The maximum Gasteiger partial charge on any atom is 0.211 e. The minimum atomic E-state index is -0.749. The Morgan fingerprint density at radius 3 is 2.38 bits per heavy atom. The molecule has 0 radical (unpaired) electrons. The van der Waals surface area contributed by atoms with Crippen LogP contribution in [0.15, 0.2) is 23.2 Å². The summed E-state index contributed by atoms with van der Waals surface area (Å²) in [6.07, 6.45) is 9.47. The molecule has 1 aliphatic heterocycles. The lowest BCUT2D eigenvalue weighted by Crippen LogP contribution is -2.48. The minimum Gasteiger partial charge on any atom is -0.508 e. The van der Waals surface area contributed by atoms with Crippen molar-refractivity contribution in [3.63, 3.8) is 0 Å². The molecule has 5 aliphatic rings. The van der Waals surface area contributed by atoms with Gasteiger partial charge in [0.05, 0.1) is 5.69 Å². The molecule has 4 saturated carbocycles. The molecule has 0 saturated heterocycles. The molecule has 0 amide bonds. The van der Waals surface area contributed by atoms with E-state index >= 15 is 0 Å². The smallest absolute Gasteiger partial charge is 0.211 e. The van der Waals surface area contributed by atoms with Gasteiger partial charge in [-0.05, 0) is 79.4 Å². The van der Waals surface area contributed by atoms with Crippen molar-refractivity contribution in [1.29, 1.82) is 10.5 Å². The third-order valence-electron chi connectivity index (χ3n) is 8.33. The van der Waals surface area contributed by atoms with Crippen LogP contribution in [0.25, 0.3) is 0 Å². The van der Waals surface area contributed by atoms with Crippen LogP contribution in [-0.4, -0.2) is 16.1 Å². The second kappa shape index (κ2) is 7.26. The summed E-state index contributed by atoms with van der Waals surface area (Å²) in [6.45, 7) is 0. The van der Waals surface area contributed by atoms with Crippen molar-refractivity contribution in [3.05, 3.63) is 40.5 Å². The molecule has 1 atom stereocenters. The molecular formula is C25H26N8O. The Balaban J connectivity index is 1.50. The number of hydrogen-bond donors (Lipinski definition) is 5. The molecule has 2 aromatic rings. The number of aromatic hydroxyl groups is 1. The third-order valence-corrected chi connectivity index (χ3v) is 8.33. The van der Waals surface area contributed by atoms with Gasteiger partial charge in [0.2, 0.25) is 5.96 Å². The maximum absolute atomic E-state index is 11.0. The van der Waals surface area contributed by atoms with E-state index in [1.54, 1.807) is 6.07 Å². The van der Waals surface area contributed by atoms with Gasteiger partial charge in [-0.2, -0.15) is 10.5 Å². The number of nitrogen functional groups attached to an aromatic ring is 2. The van der Waals surface area contributed by atoms with Crippen LogP contribution in [0, 0.1) is 40.5 Å². The Bertz CT molecular complexity index is 1280. The average Bonchev–Trinajstić information content (AvgIpc) is 2.78. The zero-order valence-corrected chi connectivity index (χ0v) is 18.7.